The van der Waals surface area contributed by atoms with Crippen LogP contribution in [-0.2, 0) is 24.8 Å². The van der Waals surface area contributed by atoms with Gasteiger partial charge in [-0.3, -0.25) is 9.05 Å². The lowest BCUT2D eigenvalue weighted by molar-refractivity contribution is 0.0605. The maximum atomic E-state index is 12.4. The Bertz CT molecular complexity index is 520. The van der Waals surface area contributed by atoms with Crippen molar-refractivity contribution in [3.63, 3.8) is 0 Å². The number of unbranched alkanes of at least 4 members (excludes halogenated alkanes) is 6. The van der Waals surface area contributed by atoms with Crippen LogP contribution in [0.2, 0.25) is 0 Å². The van der Waals surface area contributed by atoms with E-state index in [2.05, 4.69) is 6.92 Å². The van der Waals surface area contributed by atoms with E-state index in [-0.39, 0.29) is 26.4 Å². The van der Waals surface area contributed by atoms with E-state index in [4.69, 9.17) is 23.4 Å². The first-order valence-electron chi connectivity index (χ1n) is 9.91. The Morgan fingerprint density at radius 3 is 2.22 bits per heavy atom. The van der Waals surface area contributed by atoms with E-state index in [1.165, 1.54) is 57.6 Å². The average Bonchev–Trinajstić information content (AvgIpc) is 2.68. The topological polar surface area (TPSA) is 74.2 Å². The Labute approximate surface area is 163 Å². The summed E-state index contributed by atoms with van der Waals surface area (Å²) in [5.74, 6) is 0.444. The number of aliphatic hydroxyl groups is 1. The van der Waals surface area contributed by atoms with Crippen LogP contribution in [0.4, 0.5) is 0 Å². The standard InChI is InChI=1S/C20H35O6P/c1-3-4-5-6-7-8-9-10-19-11-13-20(14-12-19)26-27(22,23-2)25-18-17-24-16-15-21/h11-14,21H,3-10,15-18H2,1-2H3. The van der Waals surface area contributed by atoms with E-state index in [0.29, 0.717) is 5.75 Å². The highest BCUT2D eigenvalue weighted by Gasteiger charge is 2.26. The molecule has 1 atom stereocenters. The molecule has 0 aliphatic carbocycles. The summed E-state index contributed by atoms with van der Waals surface area (Å²) in [5, 5.41) is 8.63. The fraction of sp³-hybridized carbons (Fsp3) is 0.700. The predicted molar refractivity (Wildman–Crippen MR) is 107 cm³/mol. The monoisotopic (exact) mass is 402 g/mol. The minimum atomic E-state index is -3.67. The number of phosphoric acid groups is 1. The summed E-state index contributed by atoms with van der Waals surface area (Å²) in [6, 6.07) is 7.54. The molecule has 0 aliphatic rings. The Morgan fingerprint density at radius 1 is 0.926 bits per heavy atom. The zero-order valence-electron chi connectivity index (χ0n) is 16.7. The number of aliphatic hydroxyl groups excluding tert-OH is 1. The Kier molecular flexibility index (Phi) is 13.5. The zero-order valence-corrected chi connectivity index (χ0v) is 17.6. The molecular weight excluding hydrogens is 367 g/mol. The number of benzene rings is 1. The Balaban J connectivity index is 2.31. The average molecular weight is 402 g/mol. The molecule has 1 rings (SSSR count). The minimum Gasteiger partial charge on any atom is -0.404 e. The maximum absolute atomic E-state index is 12.4. The van der Waals surface area contributed by atoms with Gasteiger partial charge in [-0.2, -0.15) is 0 Å². The lowest BCUT2D eigenvalue weighted by Gasteiger charge is -2.16. The molecule has 0 aromatic heterocycles. The molecule has 1 N–H and O–H groups in total. The van der Waals surface area contributed by atoms with Gasteiger partial charge < -0.3 is 14.4 Å². The number of phosphoric ester groups is 1. The third-order valence-corrected chi connectivity index (χ3v) is 5.53. The van der Waals surface area contributed by atoms with Gasteiger partial charge in [0, 0.05) is 7.11 Å². The lowest BCUT2D eigenvalue weighted by Crippen LogP contribution is -2.08. The van der Waals surface area contributed by atoms with E-state index >= 15 is 0 Å². The predicted octanol–water partition coefficient (Wildman–Crippen LogP) is 5.14. The first kappa shape index (κ1) is 24.1. The SMILES string of the molecule is CCCCCCCCCc1ccc(OP(=O)(OC)OCCOCCO)cc1. The van der Waals surface area contributed by atoms with E-state index in [1.807, 2.05) is 12.1 Å². The van der Waals surface area contributed by atoms with Crippen LogP contribution < -0.4 is 4.52 Å². The van der Waals surface area contributed by atoms with Crippen LogP contribution in [0.1, 0.15) is 57.4 Å². The molecule has 1 aromatic rings. The van der Waals surface area contributed by atoms with Crippen molar-refractivity contribution >= 4 is 7.82 Å². The third kappa shape index (κ3) is 11.5. The molecule has 1 aromatic carbocycles. The largest absolute Gasteiger partial charge is 0.529 e. The Hall–Kier alpha value is -0.910. The van der Waals surface area contributed by atoms with Gasteiger partial charge in [0.2, 0.25) is 0 Å². The summed E-state index contributed by atoms with van der Waals surface area (Å²) in [4.78, 5) is 0. The second-order valence-electron chi connectivity index (χ2n) is 6.41. The number of hydrogen-bond acceptors (Lipinski definition) is 6. The van der Waals surface area contributed by atoms with Crippen LogP contribution in [0.25, 0.3) is 0 Å². The van der Waals surface area contributed by atoms with Crippen molar-refractivity contribution in [2.75, 3.05) is 33.5 Å². The molecule has 0 bridgehead atoms. The number of aryl methyl sites for hydroxylation is 1. The lowest BCUT2D eigenvalue weighted by atomic mass is 10.0. The zero-order chi connectivity index (χ0) is 19.8. The van der Waals surface area contributed by atoms with E-state index in [1.54, 1.807) is 12.1 Å². The molecule has 6 nitrogen and oxygen atoms in total. The highest BCUT2D eigenvalue weighted by Crippen LogP contribution is 2.48. The van der Waals surface area contributed by atoms with Crippen LogP contribution in [-0.4, -0.2) is 38.6 Å². The van der Waals surface area contributed by atoms with Crippen molar-refractivity contribution in [3.8, 4) is 5.75 Å². The van der Waals surface area contributed by atoms with Gasteiger partial charge in [-0.05, 0) is 30.5 Å². The minimum absolute atomic E-state index is 0.0570. The normalized spacial score (nSPS) is 13.4. The summed E-state index contributed by atoms with van der Waals surface area (Å²) < 4.78 is 33.0. The quantitative estimate of drug-likeness (QED) is 0.287. The fourth-order valence-corrected chi connectivity index (χ4v) is 3.53. The molecule has 7 heteroatoms. The molecule has 0 radical (unpaired) electrons. The summed E-state index contributed by atoms with van der Waals surface area (Å²) in [6.45, 7) is 2.64. The van der Waals surface area contributed by atoms with Gasteiger partial charge in [-0.15, -0.1) is 0 Å². The summed E-state index contributed by atoms with van der Waals surface area (Å²) in [5.41, 5.74) is 1.24. The van der Waals surface area contributed by atoms with Crippen molar-refractivity contribution in [1.29, 1.82) is 0 Å². The molecule has 156 valence electrons. The molecule has 0 amide bonds. The first-order chi connectivity index (χ1) is 13.1. The van der Waals surface area contributed by atoms with Crippen molar-refractivity contribution in [2.24, 2.45) is 0 Å². The van der Waals surface area contributed by atoms with Crippen molar-refractivity contribution in [2.45, 2.75) is 58.3 Å². The van der Waals surface area contributed by atoms with E-state index < -0.39 is 7.82 Å². The number of rotatable bonds is 17. The molecule has 27 heavy (non-hydrogen) atoms. The molecule has 0 spiro atoms. The number of ether oxygens (including phenoxy) is 1. The molecule has 1 unspecified atom stereocenters. The first-order valence-corrected chi connectivity index (χ1v) is 11.4. The highest BCUT2D eigenvalue weighted by molar-refractivity contribution is 7.48. The third-order valence-electron chi connectivity index (χ3n) is 4.15. The highest BCUT2D eigenvalue weighted by atomic mass is 31.2. The molecule has 0 heterocycles. The van der Waals surface area contributed by atoms with Crippen LogP contribution in [0.3, 0.4) is 0 Å². The molecule has 0 aliphatic heterocycles. The van der Waals surface area contributed by atoms with Crippen LogP contribution >= 0.6 is 7.82 Å². The van der Waals surface area contributed by atoms with Gasteiger partial charge in [0.1, 0.15) is 5.75 Å². The van der Waals surface area contributed by atoms with Crippen LogP contribution in [0, 0.1) is 0 Å². The molecular formula is C20H35O6P. The van der Waals surface area contributed by atoms with Crippen molar-refractivity contribution in [1.82, 2.24) is 0 Å². The maximum Gasteiger partial charge on any atom is 0.529 e. The van der Waals surface area contributed by atoms with E-state index in [9.17, 15) is 4.57 Å². The Morgan fingerprint density at radius 2 is 1.59 bits per heavy atom. The van der Waals surface area contributed by atoms with Gasteiger partial charge in [0.05, 0.1) is 26.4 Å². The van der Waals surface area contributed by atoms with Gasteiger partial charge in [-0.1, -0.05) is 57.6 Å². The van der Waals surface area contributed by atoms with Crippen molar-refractivity contribution in [3.05, 3.63) is 29.8 Å². The second-order valence-corrected chi connectivity index (χ2v) is 8.11. The smallest absolute Gasteiger partial charge is 0.404 e. The van der Waals surface area contributed by atoms with Gasteiger partial charge in [-0.25, -0.2) is 4.57 Å². The molecule has 0 saturated heterocycles. The van der Waals surface area contributed by atoms with E-state index in [0.717, 1.165) is 6.42 Å². The second kappa shape index (κ2) is 15.1. The van der Waals surface area contributed by atoms with Gasteiger partial charge in [0.15, 0.2) is 0 Å². The van der Waals surface area contributed by atoms with Crippen LogP contribution in [0.5, 0.6) is 5.75 Å². The number of hydrogen-bond donors (Lipinski definition) is 1. The van der Waals surface area contributed by atoms with Crippen LogP contribution in [0.15, 0.2) is 24.3 Å². The molecule has 0 saturated carbocycles. The fourth-order valence-electron chi connectivity index (χ4n) is 2.62. The summed E-state index contributed by atoms with van der Waals surface area (Å²) in [7, 11) is -2.39. The van der Waals surface area contributed by atoms with Gasteiger partial charge >= 0.3 is 7.82 Å². The van der Waals surface area contributed by atoms with Crippen molar-refractivity contribution < 1.29 is 28.0 Å². The molecule has 0 fully saturated rings. The summed E-state index contributed by atoms with van der Waals surface area (Å²) in [6.07, 6.45) is 10.1. The van der Waals surface area contributed by atoms with Gasteiger partial charge in [0.25, 0.3) is 0 Å². The summed E-state index contributed by atoms with van der Waals surface area (Å²) >= 11 is 0.